The molecular formula is C45H58N4O6. The number of aliphatic hydroxyl groups excluding tert-OH is 1. The van der Waals surface area contributed by atoms with Gasteiger partial charge in [-0.3, -0.25) is 19.4 Å². The number of methoxy groups -OCH3 is 3. The van der Waals surface area contributed by atoms with E-state index in [4.69, 9.17) is 14.2 Å². The average Bonchev–Trinajstić information content (AvgIpc) is 3.75. The van der Waals surface area contributed by atoms with Crippen LogP contribution in [0.4, 0.5) is 0 Å². The molecule has 0 radical (unpaired) electrons. The van der Waals surface area contributed by atoms with Crippen molar-refractivity contribution in [3.8, 4) is 5.75 Å². The minimum Gasteiger partial charge on any atom is -0.497 e. The van der Waals surface area contributed by atoms with Crippen molar-refractivity contribution in [1.29, 1.82) is 0 Å². The molecule has 1 unspecified atom stereocenters. The summed E-state index contributed by atoms with van der Waals surface area (Å²) in [5, 5.41) is 13.1. The second-order valence-corrected chi connectivity index (χ2v) is 17.0. The zero-order valence-electron chi connectivity index (χ0n) is 33.5. The lowest BCUT2D eigenvalue weighted by atomic mass is 9.56. The van der Waals surface area contributed by atoms with E-state index in [0.717, 1.165) is 67.8 Å². The molecule has 10 rings (SSSR count). The predicted octanol–water partition coefficient (Wildman–Crippen LogP) is 6.51. The number of benzene rings is 2. The highest BCUT2D eigenvalue weighted by atomic mass is 16.5. The number of likely N-dealkylation sites (tertiary alicyclic amines) is 1. The van der Waals surface area contributed by atoms with Gasteiger partial charge in [-0.15, -0.1) is 0 Å². The Bertz CT molecular complexity index is 2140. The highest BCUT2D eigenvalue weighted by Crippen LogP contribution is 2.56. The molecule has 9 atom stereocenters. The summed E-state index contributed by atoms with van der Waals surface area (Å²) in [4.78, 5) is 38.7. The van der Waals surface area contributed by atoms with Crippen LogP contribution in [-0.4, -0.2) is 104 Å². The molecule has 3 N–H and O–H groups in total. The summed E-state index contributed by atoms with van der Waals surface area (Å²) in [6, 6.07) is 14.7. The fourth-order valence-corrected chi connectivity index (χ4v) is 12.2. The summed E-state index contributed by atoms with van der Waals surface area (Å²) in [5.74, 6) is 1.79. The number of esters is 2. The quantitative estimate of drug-likeness (QED) is 0.156. The molecule has 6 bridgehead atoms. The molecule has 1 saturated carbocycles. The maximum Gasteiger partial charge on any atom is 0.319 e. The summed E-state index contributed by atoms with van der Waals surface area (Å²) in [7, 11) is 6.72. The Labute approximate surface area is 324 Å². The van der Waals surface area contributed by atoms with Gasteiger partial charge < -0.3 is 29.3 Å². The number of aromatic amines is 2. The van der Waals surface area contributed by atoms with E-state index >= 15 is 0 Å². The Morgan fingerprint density at radius 1 is 1.00 bits per heavy atom. The van der Waals surface area contributed by atoms with Crippen LogP contribution in [0.15, 0.2) is 54.1 Å². The molecule has 2 aliphatic carbocycles. The topological polar surface area (TPSA) is 120 Å². The highest BCUT2D eigenvalue weighted by molar-refractivity contribution is 5.92. The normalized spacial score (nSPS) is 33.1. The number of nitrogens with zero attached hydrogens (tertiary/aromatic N) is 2. The van der Waals surface area contributed by atoms with Gasteiger partial charge in [-0.1, -0.05) is 50.1 Å². The maximum atomic E-state index is 13.4. The van der Waals surface area contributed by atoms with E-state index in [1.165, 1.54) is 46.7 Å². The van der Waals surface area contributed by atoms with Crippen LogP contribution in [0.3, 0.4) is 0 Å². The number of hydrogen-bond acceptors (Lipinski definition) is 8. The van der Waals surface area contributed by atoms with Crippen LogP contribution in [0, 0.1) is 23.2 Å². The first-order chi connectivity index (χ1) is 26.6. The van der Waals surface area contributed by atoms with Crippen LogP contribution in [-0.2, 0) is 37.3 Å². The summed E-state index contributed by atoms with van der Waals surface area (Å²) in [6.07, 6.45) is 7.85. The summed E-state index contributed by atoms with van der Waals surface area (Å²) in [5.41, 5.74) is 6.81. The lowest BCUT2D eigenvalue weighted by molar-refractivity contribution is -0.169. The van der Waals surface area contributed by atoms with E-state index in [9.17, 15) is 14.7 Å². The van der Waals surface area contributed by atoms with Crippen LogP contribution >= 0.6 is 0 Å². The summed E-state index contributed by atoms with van der Waals surface area (Å²) in [6.45, 7) is 9.26. The molecule has 294 valence electrons. The van der Waals surface area contributed by atoms with Gasteiger partial charge in [0.1, 0.15) is 16.6 Å². The van der Waals surface area contributed by atoms with Crippen molar-refractivity contribution in [1.82, 2.24) is 19.8 Å². The van der Waals surface area contributed by atoms with Gasteiger partial charge in [0, 0.05) is 76.9 Å². The van der Waals surface area contributed by atoms with E-state index < -0.39 is 10.8 Å². The zero-order valence-corrected chi connectivity index (χ0v) is 33.5. The van der Waals surface area contributed by atoms with Crippen LogP contribution in [0.5, 0.6) is 5.75 Å². The molecule has 0 spiro atoms. The minimum atomic E-state index is -0.950. The van der Waals surface area contributed by atoms with Crippen LogP contribution in [0.25, 0.3) is 21.8 Å². The van der Waals surface area contributed by atoms with Gasteiger partial charge in [-0.2, -0.15) is 0 Å². The number of allylic oxidation sites excluding steroid dienone is 1. The number of fused-ring (bicyclic) bond motifs is 9. The number of aliphatic hydroxyl groups is 1. The van der Waals surface area contributed by atoms with Crippen molar-refractivity contribution in [2.24, 2.45) is 23.2 Å². The van der Waals surface area contributed by atoms with Gasteiger partial charge in [0.2, 0.25) is 0 Å². The number of ether oxygens (including phenoxy) is 3. The number of aromatic nitrogens is 2. The fourth-order valence-electron chi connectivity index (χ4n) is 12.2. The Morgan fingerprint density at radius 3 is 2.47 bits per heavy atom. The van der Waals surface area contributed by atoms with Crippen molar-refractivity contribution in [3.63, 3.8) is 0 Å². The smallest absolute Gasteiger partial charge is 0.319 e. The standard InChI is InChI=1S/C23H30N2O3.C22H28N2O3/c1-5-15-12-25(3)20-11-17-16-8-6-7-9-19(16)24-21(17)14(2)10-18(15)23(20,13-26)22(27)28-4;1-4-14-9-13-11-22(21(25)27-3)19-17(7-8-24(12-13)20(14)22)16-6-5-15(26-2)10-18(16)23-19/h5-9,14,18,20,24,26H,10-13H2,1-4H3;5-6,10,13-14,20,23H,4,7-9,11-12H2,1-3H3/b15-5-;/t14-,18+,20-,23+;13-,14+,20+,22+/m01/s1. The van der Waals surface area contributed by atoms with Crippen molar-refractivity contribution in [2.75, 3.05) is 54.6 Å². The van der Waals surface area contributed by atoms with Gasteiger partial charge in [0.05, 0.1) is 27.9 Å². The zero-order chi connectivity index (χ0) is 38.8. The second kappa shape index (κ2) is 14.4. The van der Waals surface area contributed by atoms with Gasteiger partial charge in [-0.25, -0.2) is 0 Å². The molecule has 10 nitrogen and oxygen atoms in total. The molecule has 55 heavy (non-hydrogen) atoms. The molecule has 10 heteroatoms. The number of carbonyl (C=O) groups is 2. The van der Waals surface area contributed by atoms with Crippen molar-refractivity contribution < 1.29 is 28.9 Å². The van der Waals surface area contributed by atoms with Gasteiger partial charge in [0.15, 0.2) is 0 Å². The van der Waals surface area contributed by atoms with Gasteiger partial charge in [0.25, 0.3) is 0 Å². The van der Waals surface area contributed by atoms with Crippen LogP contribution in [0.1, 0.15) is 74.9 Å². The second-order valence-electron chi connectivity index (χ2n) is 17.0. The molecule has 3 saturated heterocycles. The first-order valence-corrected chi connectivity index (χ1v) is 20.3. The third-order valence-corrected chi connectivity index (χ3v) is 14.5. The molecule has 4 fully saturated rings. The lowest BCUT2D eigenvalue weighted by Gasteiger charge is -2.57. The fraction of sp³-hybridized carbons (Fsp3) is 0.556. The Balaban J connectivity index is 0.000000155. The molecule has 6 heterocycles. The van der Waals surface area contributed by atoms with E-state index in [1.807, 2.05) is 25.1 Å². The molecular weight excluding hydrogens is 693 g/mol. The van der Waals surface area contributed by atoms with Crippen molar-refractivity contribution >= 4 is 33.7 Å². The van der Waals surface area contributed by atoms with E-state index in [1.54, 1.807) is 14.2 Å². The summed E-state index contributed by atoms with van der Waals surface area (Å²) < 4.78 is 16.2. The molecule has 2 aromatic carbocycles. The number of piperidine rings is 3. The Hall–Kier alpha value is -4.12. The Morgan fingerprint density at radius 2 is 1.76 bits per heavy atom. The summed E-state index contributed by atoms with van der Waals surface area (Å²) >= 11 is 0. The number of carbonyl (C=O) groups excluding carboxylic acids is 2. The number of hydrogen-bond donors (Lipinski definition) is 3. The van der Waals surface area contributed by atoms with Gasteiger partial charge in [-0.05, 0) is 93.2 Å². The number of nitrogens with one attached hydrogen (secondary N) is 2. The third kappa shape index (κ3) is 5.60. The monoisotopic (exact) mass is 750 g/mol. The molecule has 4 aliphatic heterocycles. The number of H-pyrrole nitrogens is 2. The molecule has 0 amide bonds. The first kappa shape index (κ1) is 37.8. The average molecular weight is 751 g/mol. The number of para-hydroxylation sites is 1. The SMILES string of the molecule is C/C=C1/CN(C)[C@H]2Cc3c([nH]c4ccccc34)[C@@H](C)C[C@H]1[C@@]2(CO)C(=O)OC.CC[C@H]1C[C@H]2CN3CCc4c([nH]c5cc(OC)ccc45)[C@@](C(=O)OC)(C2)[C@H]13. The van der Waals surface area contributed by atoms with Crippen molar-refractivity contribution in [3.05, 3.63) is 76.6 Å². The van der Waals surface area contributed by atoms with E-state index in [-0.39, 0.29) is 42.5 Å². The minimum absolute atomic E-state index is 0.0364. The van der Waals surface area contributed by atoms with Crippen molar-refractivity contribution in [2.45, 2.75) is 82.7 Å². The lowest BCUT2D eigenvalue weighted by Crippen LogP contribution is -2.67. The third-order valence-electron chi connectivity index (χ3n) is 14.5. The highest BCUT2D eigenvalue weighted by Gasteiger charge is 2.63. The van der Waals surface area contributed by atoms with Crippen LogP contribution < -0.4 is 4.74 Å². The van der Waals surface area contributed by atoms with Crippen LogP contribution in [0.2, 0.25) is 0 Å². The molecule has 6 aliphatic rings. The number of rotatable bonds is 5. The van der Waals surface area contributed by atoms with E-state index in [2.05, 4.69) is 71.0 Å². The van der Waals surface area contributed by atoms with E-state index in [0.29, 0.717) is 18.3 Å². The molecule has 2 aromatic heterocycles. The molecule has 4 aromatic rings. The Kier molecular flexibility index (Phi) is 9.91. The van der Waals surface area contributed by atoms with Gasteiger partial charge >= 0.3 is 11.9 Å². The maximum absolute atomic E-state index is 13.4. The predicted molar refractivity (Wildman–Crippen MR) is 214 cm³/mol. The number of likely N-dealkylation sites (N-methyl/N-ethyl adjacent to an activating group) is 1. The first-order valence-electron chi connectivity index (χ1n) is 20.3. The largest absolute Gasteiger partial charge is 0.497 e.